The number of benzene rings is 1. The van der Waals surface area contributed by atoms with Crippen LogP contribution in [0.2, 0.25) is 0 Å². The van der Waals surface area contributed by atoms with Gasteiger partial charge in [-0.15, -0.1) is 10.2 Å². The van der Waals surface area contributed by atoms with Crippen LogP contribution in [0.3, 0.4) is 0 Å². The fourth-order valence-corrected chi connectivity index (χ4v) is 5.11. The molecule has 3 aromatic rings. The summed E-state index contributed by atoms with van der Waals surface area (Å²) in [4.78, 5) is 23.4. The van der Waals surface area contributed by atoms with E-state index in [4.69, 9.17) is 17.0 Å². The number of thiocarbonyl (C=S) groups is 1. The normalized spacial score (nSPS) is 18.5. The second-order valence-corrected chi connectivity index (χ2v) is 9.82. The van der Waals surface area contributed by atoms with Crippen LogP contribution in [0.4, 0.5) is 11.5 Å². The number of piperazine rings is 1. The van der Waals surface area contributed by atoms with E-state index in [1.807, 2.05) is 30.3 Å². The summed E-state index contributed by atoms with van der Waals surface area (Å²) < 4.78 is 5.33. The molecule has 0 saturated carbocycles. The van der Waals surface area contributed by atoms with Crippen molar-refractivity contribution < 1.29 is 9.53 Å². The van der Waals surface area contributed by atoms with Gasteiger partial charge in [0.05, 0.1) is 24.8 Å². The SMILES string of the molecule is CC(C)C1CN(c2ccc(C(=O)N3CCOCC3)nn2)CCN1C(=S)Nc1cccc2ncccc12. The number of morpholine rings is 1. The van der Waals surface area contributed by atoms with E-state index in [0.717, 1.165) is 42.0 Å². The summed E-state index contributed by atoms with van der Waals surface area (Å²) >= 11 is 5.88. The minimum Gasteiger partial charge on any atom is -0.378 e. The van der Waals surface area contributed by atoms with Crippen LogP contribution in [0.5, 0.6) is 0 Å². The predicted octanol–water partition coefficient (Wildman–Crippen LogP) is 3.04. The number of fused-ring (bicyclic) bond motifs is 1. The van der Waals surface area contributed by atoms with Crippen molar-refractivity contribution in [3.8, 4) is 0 Å². The minimum absolute atomic E-state index is 0.0951. The van der Waals surface area contributed by atoms with E-state index in [1.165, 1.54) is 0 Å². The number of rotatable bonds is 4. The molecule has 1 amide bonds. The van der Waals surface area contributed by atoms with Crippen molar-refractivity contribution in [3.05, 3.63) is 54.4 Å². The Morgan fingerprint density at radius 1 is 1.06 bits per heavy atom. The van der Waals surface area contributed by atoms with Crippen molar-refractivity contribution in [1.29, 1.82) is 0 Å². The number of aromatic nitrogens is 3. The molecule has 2 fully saturated rings. The third-order valence-electron chi connectivity index (χ3n) is 6.83. The Bertz CT molecular complexity index is 1230. The molecule has 9 nitrogen and oxygen atoms in total. The van der Waals surface area contributed by atoms with Gasteiger partial charge in [0, 0.05) is 50.0 Å². The summed E-state index contributed by atoms with van der Waals surface area (Å²) in [5.41, 5.74) is 2.27. The Balaban J connectivity index is 1.27. The zero-order valence-corrected chi connectivity index (χ0v) is 21.4. The van der Waals surface area contributed by atoms with E-state index in [0.29, 0.717) is 43.0 Å². The highest BCUT2D eigenvalue weighted by Crippen LogP contribution is 2.25. The first-order valence-electron chi connectivity index (χ1n) is 12.4. The summed E-state index contributed by atoms with van der Waals surface area (Å²) in [7, 11) is 0. The molecule has 2 saturated heterocycles. The molecule has 1 N–H and O–H groups in total. The zero-order chi connectivity index (χ0) is 25.1. The van der Waals surface area contributed by atoms with E-state index in [2.05, 4.69) is 50.2 Å². The van der Waals surface area contributed by atoms with Gasteiger partial charge in [0.1, 0.15) is 0 Å². The lowest BCUT2D eigenvalue weighted by Crippen LogP contribution is -2.58. The van der Waals surface area contributed by atoms with Crippen LogP contribution >= 0.6 is 12.2 Å². The first-order valence-corrected chi connectivity index (χ1v) is 12.8. The summed E-state index contributed by atoms with van der Waals surface area (Å²) in [5.74, 6) is 1.05. The van der Waals surface area contributed by atoms with E-state index >= 15 is 0 Å². The molecule has 10 heteroatoms. The maximum atomic E-state index is 12.7. The quantitative estimate of drug-likeness (QED) is 0.538. The second kappa shape index (κ2) is 10.7. The highest BCUT2D eigenvalue weighted by atomic mass is 32.1. The van der Waals surface area contributed by atoms with Gasteiger partial charge in [-0.1, -0.05) is 19.9 Å². The Kier molecular flexibility index (Phi) is 7.24. The molecule has 4 heterocycles. The monoisotopic (exact) mass is 505 g/mol. The molecule has 1 atom stereocenters. The first kappa shape index (κ1) is 24.3. The topological polar surface area (TPSA) is 86.7 Å². The van der Waals surface area contributed by atoms with Crippen molar-refractivity contribution in [3.63, 3.8) is 0 Å². The lowest BCUT2D eigenvalue weighted by Gasteiger charge is -2.45. The van der Waals surface area contributed by atoms with E-state index in [1.54, 1.807) is 17.2 Å². The van der Waals surface area contributed by atoms with Gasteiger partial charge < -0.3 is 24.8 Å². The molecule has 0 spiro atoms. The number of nitrogens with one attached hydrogen (secondary N) is 1. The molecule has 0 radical (unpaired) electrons. The number of nitrogens with zero attached hydrogens (tertiary/aromatic N) is 6. The van der Waals surface area contributed by atoms with Crippen LogP contribution in [0.25, 0.3) is 10.9 Å². The van der Waals surface area contributed by atoms with Crippen LogP contribution in [-0.4, -0.2) is 88.0 Å². The fraction of sp³-hybridized carbons (Fsp3) is 0.423. The Morgan fingerprint density at radius 2 is 1.89 bits per heavy atom. The van der Waals surface area contributed by atoms with Gasteiger partial charge in [0.2, 0.25) is 0 Å². The maximum absolute atomic E-state index is 12.7. The van der Waals surface area contributed by atoms with Gasteiger partial charge >= 0.3 is 0 Å². The largest absolute Gasteiger partial charge is 0.378 e. The summed E-state index contributed by atoms with van der Waals surface area (Å²) in [6.07, 6.45) is 1.80. The molecule has 188 valence electrons. The van der Waals surface area contributed by atoms with Crippen LogP contribution < -0.4 is 10.2 Å². The lowest BCUT2D eigenvalue weighted by molar-refractivity contribution is 0.0298. The average Bonchev–Trinajstić information content (AvgIpc) is 2.93. The number of hydrogen-bond donors (Lipinski definition) is 1. The van der Waals surface area contributed by atoms with Gasteiger partial charge in [0.25, 0.3) is 5.91 Å². The molecular weight excluding hydrogens is 474 g/mol. The molecule has 2 aromatic heterocycles. The predicted molar refractivity (Wildman–Crippen MR) is 144 cm³/mol. The van der Waals surface area contributed by atoms with Crippen LogP contribution in [0, 0.1) is 5.92 Å². The molecule has 0 aliphatic carbocycles. The van der Waals surface area contributed by atoms with Crippen LogP contribution in [0.15, 0.2) is 48.7 Å². The molecule has 1 unspecified atom stereocenters. The van der Waals surface area contributed by atoms with E-state index < -0.39 is 0 Å². The number of ether oxygens (including phenoxy) is 1. The molecule has 0 bridgehead atoms. The van der Waals surface area contributed by atoms with Crippen molar-refractivity contribution in [2.24, 2.45) is 5.92 Å². The number of hydrogen-bond acceptors (Lipinski definition) is 7. The molecule has 36 heavy (non-hydrogen) atoms. The average molecular weight is 506 g/mol. The van der Waals surface area contributed by atoms with Gasteiger partial charge in [-0.25, -0.2) is 0 Å². The molecule has 2 aliphatic rings. The van der Waals surface area contributed by atoms with Crippen LogP contribution in [0.1, 0.15) is 24.3 Å². The minimum atomic E-state index is -0.0951. The van der Waals surface area contributed by atoms with Crippen molar-refractivity contribution in [1.82, 2.24) is 25.0 Å². The van der Waals surface area contributed by atoms with Gasteiger partial charge in [0.15, 0.2) is 16.6 Å². The van der Waals surface area contributed by atoms with Crippen LogP contribution in [-0.2, 0) is 4.74 Å². The summed E-state index contributed by atoms with van der Waals surface area (Å²) in [5, 5.41) is 13.9. The van der Waals surface area contributed by atoms with Crippen molar-refractivity contribution in [2.45, 2.75) is 19.9 Å². The highest BCUT2D eigenvalue weighted by molar-refractivity contribution is 7.80. The second-order valence-electron chi connectivity index (χ2n) is 9.44. The standard InChI is InChI=1S/C26H31N7O2S/c1-18(2)23-17-32(24-9-8-22(29-30-24)25(34)31-13-15-35-16-14-31)11-12-33(23)26(36)28-21-7-3-6-20-19(21)5-4-10-27-20/h3-10,18,23H,11-17H2,1-2H3,(H,28,36). The third-order valence-corrected chi connectivity index (χ3v) is 7.16. The van der Waals surface area contributed by atoms with Crippen molar-refractivity contribution in [2.75, 3.05) is 56.2 Å². The number of carbonyl (C=O) groups excluding carboxylic acids is 1. The molecule has 5 rings (SSSR count). The Morgan fingerprint density at radius 3 is 2.64 bits per heavy atom. The number of pyridine rings is 1. The maximum Gasteiger partial charge on any atom is 0.274 e. The molecule has 2 aliphatic heterocycles. The van der Waals surface area contributed by atoms with Crippen molar-refractivity contribution >= 4 is 45.6 Å². The summed E-state index contributed by atoms with van der Waals surface area (Å²) in [6.45, 7) is 9.00. The number of carbonyl (C=O) groups is 1. The lowest BCUT2D eigenvalue weighted by atomic mass is 10.00. The zero-order valence-electron chi connectivity index (χ0n) is 20.6. The fourth-order valence-electron chi connectivity index (χ4n) is 4.78. The van der Waals surface area contributed by atoms with Gasteiger partial charge in [-0.2, -0.15) is 0 Å². The Labute approximate surface area is 216 Å². The summed E-state index contributed by atoms with van der Waals surface area (Å²) in [6, 6.07) is 13.9. The number of amides is 1. The Hall–Kier alpha value is -3.37. The smallest absolute Gasteiger partial charge is 0.274 e. The van der Waals surface area contributed by atoms with E-state index in [9.17, 15) is 4.79 Å². The molecule has 1 aromatic carbocycles. The molecular formula is C26H31N7O2S. The third kappa shape index (κ3) is 5.10. The highest BCUT2D eigenvalue weighted by Gasteiger charge is 2.32. The van der Waals surface area contributed by atoms with E-state index in [-0.39, 0.29) is 11.9 Å². The number of anilines is 2. The first-order chi connectivity index (χ1) is 17.5. The van der Waals surface area contributed by atoms with Gasteiger partial charge in [-0.05, 0) is 54.5 Å². The van der Waals surface area contributed by atoms with Gasteiger partial charge in [-0.3, -0.25) is 9.78 Å².